The minimum atomic E-state index is -0.881. The Labute approximate surface area is 264 Å². The van der Waals surface area contributed by atoms with Crippen molar-refractivity contribution >= 4 is 34.2 Å². The minimum absolute atomic E-state index is 0.00604. The summed E-state index contributed by atoms with van der Waals surface area (Å²) in [6.07, 6.45) is 2.58. The molecule has 3 heterocycles. The summed E-state index contributed by atoms with van der Waals surface area (Å²) in [6.45, 7) is 3.38. The Kier molecular flexibility index (Phi) is 8.95. The van der Waals surface area contributed by atoms with Crippen LogP contribution in [0.5, 0.6) is 0 Å². The molecule has 11 heteroatoms. The molecule has 1 N–H and O–H groups in total. The second kappa shape index (κ2) is 13.2. The molecule has 0 radical (unpaired) electrons. The molecule has 1 aliphatic heterocycles. The highest BCUT2D eigenvalue weighted by Crippen LogP contribution is 2.31. The standard InChI is InChI=1S/C34H33ClFN5O4/c1-39-14-16-40(17-15-39)30-19-29-26(18-28(30)36)32(44)27(21-41(29)20-22-10-12-24(35)13-11-22)33-37-34(45-38-33)25(8-5-9-31(42)43)23-6-3-2-4-7-23/h2-4,6-7,10-13,18-19,21,25H,5,8-9,14-17,20H2,1H3,(H,42,43). The maximum atomic E-state index is 15.7. The number of likely N-dealkylation sites (N-methyl/N-ethyl adjacent to an activating group) is 1. The first kappa shape index (κ1) is 30.5. The van der Waals surface area contributed by atoms with Crippen molar-refractivity contribution in [3.8, 4) is 11.4 Å². The average Bonchev–Trinajstić information content (AvgIpc) is 3.52. The van der Waals surface area contributed by atoms with Crippen LogP contribution < -0.4 is 10.3 Å². The van der Waals surface area contributed by atoms with Gasteiger partial charge in [0.25, 0.3) is 0 Å². The summed E-state index contributed by atoms with van der Waals surface area (Å²) in [7, 11) is 2.04. The summed E-state index contributed by atoms with van der Waals surface area (Å²) in [5, 5.41) is 14.2. The van der Waals surface area contributed by atoms with Crippen LogP contribution in [0.1, 0.15) is 42.2 Å². The smallest absolute Gasteiger partial charge is 0.303 e. The lowest BCUT2D eigenvalue weighted by Gasteiger charge is -2.34. The second-order valence-corrected chi connectivity index (χ2v) is 11.9. The number of pyridine rings is 1. The second-order valence-electron chi connectivity index (χ2n) is 11.4. The number of piperazine rings is 1. The summed E-state index contributed by atoms with van der Waals surface area (Å²) in [5.41, 5.74) is 2.66. The minimum Gasteiger partial charge on any atom is -0.481 e. The molecule has 3 aromatic carbocycles. The van der Waals surface area contributed by atoms with Gasteiger partial charge in [-0.05, 0) is 55.3 Å². The Hall–Kier alpha value is -4.54. The van der Waals surface area contributed by atoms with E-state index in [1.165, 1.54) is 6.07 Å². The molecular formula is C34H33ClFN5O4. The van der Waals surface area contributed by atoms with Gasteiger partial charge < -0.3 is 24.0 Å². The number of carboxylic acid groups (broad SMARTS) is 1. The van der Waals surface area contributed by atoms with Gasteiger partial charge in [0.1, 0.15) is 5.82 Å². The van der Waals surface area contributed by atoms with Gasteiger partial charge in [0.05, 0.1) is 22.7 Å². The Morgan fingerprint density at radius 1 is 1.07 bits per heavy atom. The van der Waals surface area contributed by atoms with Crippen molar-refractivity contribution in [3.05, 3.63) is 111 Å². The Balaban J connectivity index is 1.44. The lowest BCUT2D eigenvalue weighted by atomic mass is 9.93. The quantitative estimate of drug-likeness (QED) is 0.200. The number of anilines is 1. The number of halogens is 2. The van der Waals surface area contributed by atoms with Crippen LogP contribution in [0.25, 0.3) is 22.3 Å². The van der Waals surface area contributed by atoms with Gasteiger partial charge >= 0.3 is 5.97 Å². The number of fused-ring (bicyclic) bond motifs is 1. The van der Waals surface area contributed by atoms with E-state index in [1.54, 1.807) is 24.4 Å². The predicted molar refractivity (Wildman–Crippen MR) is 171 cm³/mol. The molecule has 1 atom stereocenters. The average molecular weight is 630 g/mol. The Morgan fingerprint density at radius 3 is 2.51 bits per heavy atom. The molecule has 9 nitrogen and oxygen atoms in total. The number of rotatable bonds is 10. The lowest BCUT2D eigenvalue weighted by Crippen LogP contribution is -2.44. The third-order valence-electron chi connectivity index (χ3n) is 8.33. The van der Waals surface area contributed by atoms with Crippen molar-refractivity contribution in [2.24, 2.45) is 0 Å². The van der Waals surface area contributed by atoms with E-state index in [-0.39, 0.29) is 35.0 Å². The molecule has 0 aliphatic carbocycles. The largest absolute Gasteiger partial charge is 0.481 e. The van der Waals surface area contributed by atoms with Crippen LogP contribution in [-0.2, 0) is 11.3 Å². The van der Waals surface area contributed by atoms with Crippen molar-refractivity contribution in [3.63, 3.8) is 0 Å². The van der Waals surface area contributed by atoms with Crippen LogP contribution in [0.2, 0.25) is 5.02 Å². The molecule has 1 aliphatic rings. The monoisotopic (exact) mass is 629 g/mol. The van der Waals surface area contributed by atoms with Crippen LogP contribution in [0.4, 0.5) is 10.1 Å². The van der Waals surface area contributed by atoms with E-state index >= 15 is 4.39 Å². The molecule has 1 unspecified atom stereocenters. The van der Waals surface area contributed by atoms with Crippen molar-refractivity contribution in [1.82, 2.24) is 19.6 Å². The van der Waals surface area contributed by atoms with Crippen LogP contribution in [0.3, 0.4) is 0 Å². The predicted octanol–water partition coefficient (Wildman–Crippen LogP) is 6.03. The van der Waals surface area contributed by atoms with Gasteiger partial charge in [0.15, 0.2) is 0 Å². The molecule has 1 saturated heterocycles. The zero-order chi connectivity index (χ0) is 31.5. The Bertz CT molecular complexity index is 1870. The van der Waals surface area contributed by atoms with Crippen molar-refractivity contribution < 1.29 is 18.8 Å². The van der Waals surface area contributed by atoms with E-state index in [0.29, 0.717) is 48.7 Å². The van der Waals surface area contributed by atoms with Crippen LogP contribution in [-0.4, -0.2) is 63.9 Å². The van der Waals surface area contributed by atoms with E-state index in [1.807, 2.05) is 59.0 Å². The molecule has 232 valence electrons. The number of nitrogens with zero attached hydrogens (tertiary/aromatic N) is 5. The van der Waals surface area contributed by atoms with Gasteiger partial charge in [-0.25, -0.2) is 4.39 Å². The van der Waals surface area contributed by atoms with E-state index < -0.39 is 17.2 Å². The van der Waals surface area contributed by atoms with Crippen molar-refractivity contribution in [1.29, 1.82) is 0 Å². The van der Waals surface area contributed by atoms with Gasteiger partial charge in [-0.15, -0.1) is 0 Å². The lowest BCUT2D eigenvalue weighted by molar-refractivity contribution is -0.137. The number of benzene rings is 3. The molecule has 45 heavy (non-hydrogen) atoms. The highest BCUT2D eigenvalue weighted by atomic mass is 35.5. The molecule has 6 rings (SSSR count). The zero-order valence-electron chi connectivity index (χ0n) is 24.8. The topological polar surface area (TPSA) is 105 Å². The molecule has 0 amide bonds. The normalized spacial score (nSPS) is 14.6. The number of hydrogen-bond acceptors (Lipinski definition) is 7. The maximum Gasteiger partial charge on any atom is 0.303 e. The van der Waals surface area contributed by atoms with Gasteiger partial charge in [-0.1, -0.05) is 59.2 Å². The summed E-state index contributed by atoms with van der Waals surface area (Å²) in [6, 6.07) is 20.0. The highest BCUT2D eigenvalue weighted by molar-refractivity contribution is 6.30. The maximum absolute atomic E-state index is 15.7. The number of hydrogen-bond donors (Lipinski definition) is 1. The number of aliphatic carboxylic acids is 1. The van der Waals surface area contributed by atoms with Crippen LogP contribution in [0, 0.1) is 5.82 Å². The van der Waals surface area contributed by atoms with Gasteiger partial charge in [-0.3, -0.25) is 9.59 Å². The van der Waals surface area contributed by atoms with Crippen LogP contribution in [0.15, 0.2) is 82.2 Å². The van der Waals surface area contributed by atoms with Crippen molar-refractivity contribution in [2.45, 2.75) is 31.7 Å². The first-order valence-electron chi connectivity index (χ1n) is 14.9. The number of carbonyl (C=O) groups is 1. The summed E-state index contributed by atoms with van der Waals surface area (Å²) in [4.78, 5) is 34.0. The summed E-state index contributed by atoms with van der Waals surface area (Å²) in [5.74, 6) is -1.33. The van der Waals surface area contributed by atoms with Gasteiger partial charge in [0, 0.05) is 55.8 Å². The first-order chi connectivity index (χ1) is 21.8. The third kappa shape index (κ3) is 6.77. The van der Waals surface area contributed by atoms with E-state index in [2.05, 4.69) is 15.0 Å². The fraction of sp³-hybridized carbons (Fsp3) is 0.294. The fourth-order valence-electron chi connectivity index (χ4n) is 5.83. The van der Waals surface area contributed by atoms with Gasteiger partial charge in [0.2, 0.25) is 17.1 Å². The highest BCUT2D eigenvalue weighted by Gasteiger charge is 2.25. The number of aromatic nitrogens is 3. The zero-order valence-corrected chi connectivity index (χ0v) is 25.6. The SMILES string of the molecule is CN1CCN(c2cc3c(cc2F)c(=O)c(-c2noc(C(CCCC(=O)O)c4ccccc4)n2)cn3Cc2ccc(Cl)cc2)CC1. The van der Waals surface area contributed by atoms with Crippen molar-refractivity contribution in [2.75, 3.05) is 38.1 Å². The third-order valence-corrected chi connectivity index (χ3v) is 8.58. The molecule has 1 fully saturated rings. The molecule has 5 aromatic rings. The molecule has 2 aromatic heterocycles. The summed E-state index contributed by atoms with van der Waals surface area (Å²) >= 11 is 6.13. The van der Waals surface area contributed by atoms with Crippen LogP contribution >= 0.6 is 11.6 Å². The first-order valence-corrected chi connectivity index (χ1v) is 15.3. The summed E-state index contributed by atoms with van der Waals surface area (Å²) < 4.78 is 23.3. The molecule has 0 saturated carbocycles. The molecular weight excluding hydrogens is 597 g/mol. The number of carboxylic acids is 1. The molecule has 0 spiro atoms. The van der Waals surface area contributed by atoms with E-state index in [0.717, 1.165) is 24.2 Å². The van der Waals surface area contributed by atoms with E-state index in [4.69, 9.17) is 16.1 Å². The fourth-order valence-corrected chi connectivity index (χ4v) is 5.95. The Morgan fingerprint density at radius 2 is 1.80 bits per heavy atom. The van der Waals surface area contributed by atoms with E-state index in [9.17, 15) is 14.7 Å². The van der Waals surface area contributed by atoms with Gasteiger partial charge in [-0.2, -0.15) is 4.98 Å². The molecule has 0 bridgehead atoms.